The number of nitrogens with zero attached hydrogens (tertiary/aromatic N) is 2. The van der Waals surface area contributed by atoms with Gasteiger partial charge in [-0.05, 0) is 42.7 Å². The van der Waals surface area contributed by atoms with E-state index in [4.69, 9.17) is 4.74 Å². The number of amides is 1. The summed E-state index contributed by atoms with van der Waals surface area (Å²) in [5, 5.41) is 13.4. The van der Waals surface area contributed by atoms with Crippen LogP contribution >= 0.6 is 23.1 Å². The maximum absolute atomic E-state index is 13.2. The Kier molecular flexibility index (Phi) is 6.29. The first-order chi connectivity index (χ1) is 12.6. The molecule has 0 saturated carbocycles. The zero-order valence-corrected chi connectivity index (χ0v) is 16.1. The lowest BCUT2D eigenvalue weighted by Gasteiger charge is -2.25. The normalized spacial score (nSPS) is 16.6. The molecule has 1 aliphatic rings. The summed E-state index contributed by atoms with van der Waals surface area (Å²) in [5.41, 5.74) is -0.0206. The van der Waals surface area contributed by atoms with E-state index in [1.807, 2.05) is 23.8 Å². The molecule has 1 aromatic heterocycles. The van der Waals surface area contributed by atoms with Crippen LogP contribution in [0.3, 0.4) is 0 Å². The standard InChI is InChI=1S/C18H20N2O4S2/c1-25-14-6-7-17(20(22)23)16(10-14)18(21)19(11-13-4-2-8-24-13)12-15-5-3-9-26-15/h3,5-7,9-10,13H,2,4,8,11-12H2,1H3. The van der Waals surface area contributed by atoms with Crippen LogP contribution < -0.4 is 0 Å². The number of hydrogen-bond donors (Lipinski definition) is 0. The van der Waals surface area contributed by atoms with Crippen molar-refractivity contribution >= 4 is 34.7 Å². The van der Waals surface area contributed by atoms with E-state index in [0.29, 0.717) is 19.7 Å². The van der Waals surface area contributed by atoms with E-state index in [9.17, 15) is 14.9 Å². The summed E-state index contributed by atoms with van der Waals surface area (Å²) in [6.07, 6.45) is 3.75. The first-order valence-corrected chi connectivity index (χ1v) is 10.4. The number of rotatable bonds is 7. The topological polar surface area (TPSA) is 72.7 Å². The lowest BCUT2D eigenvalue weighted by Crippen LogP contribution is -2.37. The minimum atomic E-state index is -0.493. The molecule has 0 spiro atoms. The van der Waals surface area contributed by atoms with Crippen molar-refractivity contribution in [3.05, 3.63) is 56.3 Å². The highest BCUT2D eigenvalue weighted by molar-refractivity contribution is 7.98. The molecule has 0 bridgehead atoms. The van der Waals surface area contributed by atoms with Gasteiger partial charge in [0.05, 0.1) is 17.6 Å². The van der Waals surface area contributed by atoms with E-state index in [2.05, 4.69) is 0 Å². The number of benzene rings is 1. The first-order valence-electron chi connectivity index (χ1n) is 8.34. The molecule has 2 aromatic rings. The summed E-state index contributed by atoms with van der Waals surface area (Å²) in [4.78, 5) is 27.7. The Morgan fingerprint density at radius 1 is 1.46 bits per heavy atom. The minimum absolute atomic E-state index is 0.0123. The number of nitro groups is 1. The second-order valence-electron chi connectivity index (χ2n) is 6.04. The predicted molar refractivity (Wildman–Crippen MR) is 103 cm³/mol. The number of nitro benzene ring substituents is 1. The molecule has 1 atom stereocenters. The number of thiophene rings is 1. The van der Waals surface area contributed by atoms with Crippen molar-refractivity contribution < 1.29 is 14.5 Å². The second kappa shape index (κ2) is 8.66. The van der Waals surface area contributed by atoms with Gasteiger partial charge in [0, 0.05) is 29.0 Å². The van der Waals surface area contributed by atoms with Crippen molar-refractivity contribution in [2.75, 3.05) is 19.4 Å². The zero-order chi connectivity index (χ0) is 18.5. The lowest BCUT2D eigenvalue weighted by atomic mass is 10.1. The molecule has 138 valence electrons. The van der Waals surface area contributed by atoms with E-state index >= 15 is 0 Å². The Labute approximate surface area is 160 Å². The molecule has 1 amide bonds. The van der Waals surface area contributed by atoms with Crippen molar-refractivity contribution in [3.63, 3.8) is 0 Å². The molecule has 6 nitrogen and oxygen atoms in total. The molecule has 0 radical (unpaired) electrons. The molecule has 1 unspecified atom stereocenters. The number of carbonyl (C=O) groups is 1. The Bertz CT molecular complexity index is 774. The van der Waals surface area contributed by atoms with E-state index in [0.717, 1.165) is 22.6 Å². The number of ether oxygens (including phenoxy) is 1. The summed E-state index contributed by atoms with van der Waals surface area (Å²) >= 11 is 3.02. The summed E-state index contributed by atoms with van der Waals surface area (Å²) in [5.74, 6) is -0.323. The molecule has 8 heteroatoms. The van der Waals surface area contributed by atoms with Gasteiger partial charge in [0.25, 0.3) is 11.6 Å². The van der Waals surface area contributed by atoms with E-state index in [1.54, 1.807) is 28.4 Å². The third kappa shape index (κ3) is 4.44. The Balaban J connectivity index is 1.91. The summed E-state index contributed by atoms with van der Waals surface area (Å²) in [6, 6.07) is 8.60. The van der Waals surface area contributed by atoms with Crippen molar-refractivity contribution in [1.29, 1.82) is 0 Å². The maximum atomic E-state index is 13.2. The fourth-order valence-corrected chi connectivity index (χ4v) is 4.15. The molecule has 2 heterocycles. The van der Waals surface area contributed by atoms with Gasteiger partial charge in [-0.25, -0.2) is 0 Å². The molecule has 1 saturated heterocycles. The average molecular weight is 393 g/mol. The largest absolute Gasteiger partial charge is 0.376 e. The van der Waals surface area contributed by atoms with Crippen molar-refractivity contribution in [2.45, 2.75) is 30.4 Å². The molecular formula is C18H20N2O4S2. The molecular weight excluding hydrogens is 372 g/mol. The highest BCUT2D eigenvalue weighted by Gasteiger charge is 2.28. The summed E-state index contributed by atoms with van der Waals surface area (Å²) < 4.78 is 5.68. The van der Waals surface area contributed by atoms with E-state index in [1.165, 1.54) is 17.8 Å². The smallest absolute Gasteiger partial charge is 0.282 e. The van der Waals surface area contributed by atoms with Gasteiger partial charge >= 0.3 is 0 Å². The molecule has 1 aromatic carbocycles. The molecule has 3 rings (SSSR count). The van der Waals surface area contributed by atoms with Crippen LogP contribution in [0.15, 0.2) is 40.6 Å². The van der Waals surface area contributed by atoms with Crippen LogP contribution in [0.25, 0.3) is 0 Å². The predicted octanol–water partition coefficient (Wildman–Crippen LogP) is 4.20. The van der Waals surface area contributed by atoms with Crippen LogP contribution in [-0.4, -0.2) is 41.2 Å². The van der Waals surface area contributed by atoms with Gasteiger partial charge < -0.3 is 9.64 Å². The fourth-order valence-electron chi connectivity index (χ4n) is 2.99. The minimum Gasteiger partial charge on any atom is -0.376 e. The van der Waals surface area contributed by atoms with Gasteiger partial charge in [0.1, 0.15) is 5.56 Å². The monoisotopic (exact) mass is 392 g/mol. The van der Waals surface area contributed by atoms with Gasteiger partial charge in [-0.15, -0.1) is 23.1 Å². The van der Waals surface area contributed by atoms with E-state index in [-0.39, 0.29) is 23.3 Å². The average Bonchev–Trinajstić information content (AvgIpc) is 3.34. The maximum Gasteiger partial charge on any atom is 0.282 e. The number of thioether (sulfide) groups is 1. The highest BCUT2D eigenvalue weighted by Crippen LogP contribution is 2.27. The second-order valence-corrected chi connectivity index (χ2v) is 7.95. The van der Waals surface area contributed by atoms with Crippen LogP contribution in [-0.2, 0) is 11.3 Å². The van der Waals surface area contributed by atoms with E-state index < -0.39 is 4.92 Å². The van der Waals surface area contributed by atoms with Gasteiger partial charge in [0.2, 0.25) is 0 Å². The Morgan fingerprint density at radius 2 is 2.31 bits per heavy atom. The molecule has 0 aliphatic carbocycles. The third-order valence-corrected chi connectivity index (χ3v) is 5.88. The Morgan fingerprint density at radius 3 is 2.92 bits per heavy atom. The van der Waals surface area contributed by atoms with Gasteiger partial charge in [-0.2, -0.15) is 0 Å². The number of carbonyl (C=O) groups excluding carboxylic acids is 1. The van der Waals surface area contributed by atoms with Crippen LogP contribution in [0.1, 0.15) is 28.1 Å². The van der Waals surface area contributed by atoms with Crippen LogP contribution in [0.5, 0.6) is 0 Å². The first kappa shape index (κ1) is 18.9. The Hall–Kier alpha value is -1.90. The van der Waals surface area contributed by atoms with Crippen molar-refractivity contribution in [1.82, 2.24) is 4.90 Å². The van der Waals surface area contributed by atoms with Gasteiger partial charge in [-0.1, -0.05) is 6.07 Å². The van der Waals surface area contributed by atoms with Crippen LogP contribution in [0, 0.1) is 10.1 Å². The SMILES string of the molecule is CSc1ccc([N+](=O)[O-])c(C(=O)N(Cc2cccs2)CC2CCCO2)c1. The zero-order valence-electron chi connectivity index (χ0n) is 14.4. The highest BCUT2D eigenvalue weighted by atomic mass is 32.2. The molecule has 26 heavy (non-hydrogen) atoms. The summed E-state index contributed by atoms with van der Waals surface area (Å²) in [6.45, 7) is 1.57. The molecule has 1 aliphatic heterocycles. The van der Waals surface area contributed by atoms with Crippen molar-refractivity contribution in [2.24, 2.45) is 0 Å². The van der Waals surface area contributed by atoms with Crippen molar-refractivity contribution in [3.8, 4) is 0 Å². The third-order valence-electron chi connectivity index (χ3n) is 4.29. The van der Waals surface area contributed by atoms with Gasteiger partial charge in [-0.3, -0.25) is 14.9 Å². The lowest BCUT2D eigenvalue weighted by molar-refractivity contribution is -0.385. The van der Waals surface area contributed by atoms with Gasteiger partial charge in [0.15, 0.2) is 0 Å². The number of hydrogen-bond acceptors (Lipinski definition) is 6. The van der Waals surface area contributed by atoms with Crippen LogP contribution in [0.2, 0.25) is 0 Å². The molecule has 1 fully saturated rings. The quantitative estimate of drug-likeness (QED) is 0.401. The van der Waals surface area contributed by atoms with Crippen LogP contribution in [0.4, 0.5) is 5.69 Å². The summed E-state index contributed by atoms with van der Waals surface area (Å²) in [7, 11) is 0. The molecule has 0 N–H and O–H groups in total. The fraction of sp³-hybridized carbons (Fsp3) is 0.389.